The maximum atomic E-state index is 3.66. The van der Waals surface area contributed by atoms with Crippen LogP contribution in [0.15, 0.2) is 28.7 Å². The number of benzene rings is 1. The SMILES string of the molecule is CC(NCC1CN(C)CCN1C)c1ccccc1Br. The fourth-order valence-electron chi connectivity index (χ4n) is 2.57. The number of piperazine rings is 1. The minimum atomic E-state index is 0.371. The van der Waals surface area contributed by atoms with E-state index >= 15 is 0 Å². The number of nitrogens with zero attached hydrogens (tertiary/aromatic N) is 2. The third-order valence-corrected chi connectivity index (χ3v) is 4.73. The lowest BCUT2D eigenvalue weighted by molar-refractivity contribution is 0.112. The summed E-state index contributed by atoms with van der Waals surface area (Å²) in [7, 11) is 4.43. The zero-order valence-corrected chi connectivity index (χ0v) is 13.7. The van der Waals surface area contributed by atoms with Gasteiger partial charge in [-0.1, -0.05) is 34.1 Å². The second kappa shape index (κ2) is 6.84. The van der Waals surface area contributed by atoms with Crippen molar-refractivity contribution >= 4 is 15.9 Å². The third-order valence-electron chi connectivity index (χ3n) is 4.01. The summed E-state index contributed by atoms with van der Waals surface area (Å²) < 4.78 is 1.18. The van der Waals surface area contributed by atoms with Crippen LogP contribution < -0.4 is 5.32 Å². The average molecular weight is 326 g/mol. The molecule has 1 aliphatic rings. The summed E-state index contributed by atoms with van der Waals surface area (Å²) in [6.07, 6.45) is 0. The Hall–Kier alpha value is -0.420. The molecule has 2 rings (SSSR count). The molecule has 0 aromatic heterocycles. The van der Waals surface area contributed by atoms with Crippen molar-refractivity contribution in [3.63, 3.8) is 0 Å². The molecular formula is C15H24BrN3. The molecule has 0 radical (unpaired) electrons. The Morgan fingerprint density at radius 3 is 2.79 bits per heavy atom. The van der Waals surface area contributed by atoms with Crippen LogP contribution in [0, 0.1) is 0 Å². The fourth-order valence-corrected chi connectivity index (χ4v) is 3.20. The molecule has 1 aromatic rings. The summed E-state index contributed by atoms with van der Waals surface area (Å²) in [6.45, 7) is 6.74. The number of nitrogens with one attached hydrogen (secondary N) is 1. The number of likely N-dealkylation sites (N-methyl/N-ethyl adjacent to an activating group) is 2. The van der Waals surface area contributed by atoms with E-state index in [-0.39, 0.29) is 0 Å². The smallest absolute Gasteiger partial charge is 0.0345 e. The van der Waals surface area contributed by atoms with E-state index < -0.39 is 0 Å². The Kier molecular flexibility index (Phi) is 5.39. The van der Waals surface area contributed by atoms with Crippen molar-refractivity contribution in [1.29, 1.82) is 0 Å². The Labute approximate surface area is 125 Å². The molecule has 1 aliphatic heterocycles. The summed E-state index contributed by atoms with van der Waals surface area (Å²) in [6, 6.07) is 9.41. The number of halogens is 1. The molecule has 106 valence electrons. The van der Waals surface area contributed by atoms with Gasteiger partial charge >= 0.3 is 0 Å². The highest BCUT2D eigenvalue weighted by molar-refractivity contribution is 9.10. The normalized spacial score (nSPS) is 23.5. The summed E-state index contributed by atoms with van der Waals surface area (Å²) >= 11 is 3.63. The third kappa shape index (κ3) is 4.02. The summed E-state index contributed by atoms with van der Waals surface area (Å²) in [5.74, 6) is 0. The van der Waals surface area contributed by atoms with Gasteiger partial charge in [0.05, 0.1) is 0 Å². The lowest BCUT2D eigenvalue weighted by atomic mass is 10.1. The van der Waals surface area contributed by atoms with Gasteiger partial charge in [0, 0.05) is 42.7 Å². The van der Waals surface area contributed by atoms with Gasteiger partial charge in [0.15, 0.2) is 0 Å². The maximum absolute atomic E-state index is 3.66. The van der Waals surface area contributed by atoms with Crippen molar-refractivity contribution < 1.29 is 0 Å². The molecule has 19 heavy (non-hydrogen) atoms. The van der Waals surface area contributed by atoms with Crippen molar-refractivity contribution in [2.24, 2.45) is 0 Å². The van der Waals surface area contributed by atoms with Crippen LogP contribution in [0.25, 0.3) is 0 Å². The van der Waals surface area contributed by atoms with Crippen LogP contribution in [0.2, 0.25) is 0 Å². The van der Waals surface area contributed by atoms with Crippen LogP contribution in [0.1, 0.15) is 18.5 Å². The van der Waals surface area contributed by atoms with E-state index in [1.54, 1.807) is 0 Å². The molecule has 3 nitrogen and oxygen atoms in total. The highest BCUT2D eigenvalue weighted by Crippen LogP contribution is 2.22. The molecule has 0 saturated carbocycles. The van der Waals surface area contributed by atoms with E-state index in [1.165, 1.54) is 16.6 Å². The van der Waals surface area contributed by atoms with Gasteiger partial charge in [-0.25, -0.2) is 0 Å². The lowest BCUT2D eigenvalue weighted by Crippen LogP contribution is -2.53. The highest BCUT2D eigenvalue weighted by Gasteiger charge is 2.22. The second-order valence-corrected chi connectivity index (χ2v) is 6.40. The van der Waals surface area contributed by atoms with Gasteiger partial charge in [0.2, 0.25) is 0 Å². The quantitative estimate of drug-likeness (QED) is 0.916. The second-order valence-electron chi connectivity index (χ2n) is 5.55. The predicted octanol–water partition coefficient (Wildman–Crippen LogP) is 2.35. The Morgan fingerprint density at radius 2 is 2.05 bits per heavy atom. The fraction of sp³-hybridized carbons (Fsp3) is 0.600. The van der Waals surface area contributed by atoms with Gasteiger partial charge in [-0.2, -0.15) is 0 Å². The monoisotopic (exact) mass is 325 g/mol. The molecule has 1 fully saturated rings. The topological polar surface area (TPSA) is 18.5 Å². The molecule has 1 heterocycles. The Bertz CT molecular complexity index is 410. The average Bonchev–Trinajstić information content (AvgIpc) is 2.40. The molecule has 0 aliphatic carbocycles. The van der Waals surface area contributed by atoms with Gasteiger partial charge in [-0.15, -0.1) is 0 Å². The first kappa shape index (κ1) is 15.0. The molecule has 2 unspecified atom stereocenters. The summed E-state index contributed by atoms with van der Waals surface area (Å²) in [5.41, 5.74) is 1.33. The van der Waals surface area contributed by atoms with Crippen molar-refractivity contribution in [3.05, 3.63) is 34.3 Å². The van der Waals surface area contributed by atoms with Gasteiger partial charge in [-0.05, 0) is 32.6 Å². The van der Waals surface area contributed by atoms with E-state index in [0.29, 0.717) is 12.1 Å². The van der Waals surface area contributed by atoms with Crippen LogP contribution in [-0.4, -0.2) is 56.1 Å². The molecule has 0 spiro atoms. The van der Waals surface area contributed by atoms with Crippen molar-refractivity contribution in [2.45, 2.75) is 19.0 Å². The van der Waals surface area contributed by atoms with Gasteiger partial charge in [0.1, 0.15) is 0 Å². The number of rotatable bonds is 4. The van der Waals surface area contributed by atoms with Crippen molar-refractivity contribution in [1.82, 2.24) is 15.1 Å². The Morgan fingerprint density at radius 1 is 1.32 bits per heavy atom. The molecule has 0 bridgehead atoms. The van der Waals surface area contributed by atoms with Crippen molar-refractivity contribution in [3.8, 4) is 0 Å². The predicted molar refractivity (Wildman–Crippen MR) is 84.5 cm³/mol. The minimum absolute atomic E-state index is 0.371. The van der Waals surface area contributed by atoms with Gasteiger partial charge < -0.3 is 10.2 Å². The largest absolute Gasteiger partial charge is 0.309 e. The van der Waals surface area contributed by atoms with E-state index in [0.717, 1.165) is 19.6 Å². The van der Waals surface area contributed by atoms with E-state index in [4.69, 9.17) is 0 Å². The van der Waals surface area contributed by atoms with Gasteiger partial charge in [0.25, 0.3) is 0 Å². The molecule has 4 heteroatoms. The molecule has 0 amide bonds. The summed E-state index contributed by atoms with van der Waals surface area (Å²) in [4.78, 5) is 4.87. The highest BCUT2D eigenvalue weighted by atomic mass is 79.9. The zero-order chi connectivity index (χ0) is 13.8. The minimum Gasteiger partial charge on any atom is -0.309 e. The van der Waals surface area contributed by atoms with Crippen LogP contribution in [0.4, 0.5) is 0 Å². The molecule has 1 saturated heterocycles. The van der Waals surface area contributed by atoms with Crippen LogP contribution in [-0.2, 0) is 0 Å². The van der Waals surface area contributed by atoms with Crippen LogP contribution in [0.3, 0.4) is 0 Å². The number of hydrogen-bond acceptors (Lipinski definition) is 3. The molecular weight excluding hydrogens is 302 g/mol. The first-order chi connectivity index (χ1) is 9.08. The van der Waals surface area contributed by atoms with Gasteiger partial charge in [-0.3, -0.25) is 4.90 Å². The molecule has 2 atom stereocenters. The zero-order valence-electron chi connectivity index (χ0n) is 12.1. The van der Waals surface area contributed by atoms with Crippen LogP contribution >= 0.6 is 15.9 Å². The summed E-state index contributed by atoms with van der Waals surface area (Å²) in [5, 5.41) is 3.66. The first-order valence-electron chi connectivity index (χ1n) is 6.94. The molecule has 1 N–H and O–H groups in total. The van der Waals surface area contributed by atoms with E-state index in [9.17, 15) is 0 Å². The molecule has 1 aromatic carbocycles. The maximum Gasteiger partial charge on any atom is 0.0345 e. The van der Waals surface area contributed by atoms with Crippen LogP contribution in [0.5, 0.6) is 0 Å². The first-order valence-corrected chi connectivity index (χ1v) is 7.74. The Balaban J connectivity index is 1.89. The standard InChI is InChI=1S/C15H24BrN3/c1-12(14-6-4-5-7-15(14)16)17-10-13-11-18(2)8-9-19(13)3/h4-7,12-13,17H,8-11H2,1-3H3. The van der Waals surface area contributed by atoms with E-state index in [2.05, 4.69) is 76.3 Å². The lowest BCUT2D eigenvalue weighted by Gasteiger charge is -2.38. The number of hydrogen-bond donors (Lipinski definition) is 1. The van der Waals surface area contributed by atoms with Crippen molar-refractivity contribution in [2.75, 3.05) is 40.3 Å². The van der Waals surface area contributed by atoms with E-state index in [1.807, 2.05) is 0 Å².